The summed E-state index contributed by atoms with van der Waals surface area (Å²) >= 11 is 0. The summed E-state index contributed by atoms with van der Waals surface area (Å²) < 4.78 is 0. The first-order chi connectivity index (χ1) is 11.6. The fraction of sp³-hybridized carbons (Fsp3) is 0.400. The maximum atomic E-state index is 12.3. The zero-order valence-electron chi connectivity index (χ0n) is 14.5. The van der Waals surface area contributed by atoms with Gasteiger partial charge in [-0.3, -0.25) is 9.78 Å². The first-order valence-electron chi connectivity index (χ1n) is 8.62. The molecule has 0 radical (unpaired) electrons. The largest absolute Gasteiger partial charge is 0.352 e. The summed E-state index contributed by atoms with van der Waals surface area (Å²) in [5.74, 6) is 0.617. The molecule has 1 aromatic carbocycles. The first-order valence-corrected chi connectivity index (χ1v) is 8.62. The number of likely N-dealkylation sites (tertiary alicyclic amines) is 1. The average molecular weight is 323 g/mol. The van der Waals surface area contributed by atoms with E-state index in [0.717, 1.165) is 49.3 Å². The lowest BCUT2D eigenvalue weighted by atomic mass is 9.97. The highest BCUT2D eigenvalue weighted by atomic mass is 16.1. The number of piperidine rings is 1. The second-order valence-corrected chi connectivity index (χ2v) is 6.67. The van der Waals surface area contributed by atoms with Crippen LogP contribution in [0.4, 0.5) is 0 Å². The van der Waals surface area contributed by atoms with Gasteiger partial charge in [-0.05, 0) is 69.6 Å². The molecule has 1 fully saturated rings. The molecule has 0 aliphatic carbocycles. The van der Waals surface area contributed by atoms with Crippen molar-refractivity contribution in [2.24, 2.45) is 5.92 Å². The Hall–Kier alpha value is -2.20. The summed E-state index contributed by atoms with van der Waals surface area (Å²) in [5.41, 5.74) is 3.91. The standard InChI is InChI=1S/C20H25N3O/c1-15-19(4-3-11-21-15)17-5-7-18(8-6-17)20(24)22-14-16-9-12-23(2)13-10-16/h3-8,11,16H,9-10,12-14H2,1-2H3,(H,22,24). The molecular formula is C20H25N3O. The average Bonchev–Trinajstić information content (AvgIpc) is 2.61. The Kier molecular flexibility index (Phi) is 5.26. The molecule has 0 atom stereocenters. The minimum atomic E-state index is 0.0170. The van der Waals surface area contributed by atoms with Crippen molar-refractivity contribution >= 4 is 5.91 Å². The van der Waals surface area contributed by atoms with Crippen LogP contribution in [-0.2, 0) is 0 Å². The topological polar surface area (TPSA) is 45.2 Å². The van der Waals surface area contributed by atoms with Gasteiger partial charge in [-0.15, -0.1) is 0 Å². The van der Waals surface area contributed by atoms with Gasteiger partial charge >= 0.3 is 0 Å². The maximum Gasteiger partial charge on any atom is 0.251 e. The summed E-state index contributed by atoms with van der Waals surface area (Å²) in [6.45, 7) is 5.02. The Bertz CT molecular complexity index is 688. The van der Waals surface area contributed by atoms with Crippen LogP contribution in [0.2, 0.25) is 0 Å². The molecule has 1 aromatic heterocycles. The molecule has 1 aliphatic rings. The number of nitrogens with zero attached hydrogens (tertiary/aromatic N) is 2. The highest BCUT2D eigenvalue weighted by Gasteiger charge is 2.17. The Labute approximate surface area is 143 Å². The van der Waals surface area contributed by atoms with E-state index in [9.17, 15) is 4.79 Å². The van der Waals surface area contributed by atoms with Gasteiger partial charge in [-0.1, -0.05) is 18.2 Å². The third kappa shape index (κ3) is 4.01. The molecular weight excluding hydrogens is 298 g/mol. The molecule has 3 rings (SSSR count). The lowest BCUT2D eigenvalue weighted by Gasteiger charge is -2.28. The SMILES string of the molecule is Cc1ncccc1-c1ccc(C(=O)NCC2CCN(C)CC2)cc1. The van der Waals surface area contributed by atoms with Gasteiger partial charge in [-0.2, -0.15) is 0 Å². The van der Waals surface area contributed by atoms with Crippen LogP contribution in [-0.4, -0.2) is 42.5 Å². The van der Waals surface area contributed by atoms with Crippen molar-refractivity contribution in [2.75, 3.05) is 26.7 Å². The predicted molar refractivity (Wildman–Crippen MR) is 97.0 cm³/mol. The number of pyridine rings is 1. The van der Waals surface area contributed by atoms with E-state index in [0.29, 0.717) is 11.5 Å². The molecule has 2 aromatic rings. The van der Waals surface area contributed by atoms with Crippen molar-refractivity contribution in [3.8, 4) is 11.1 Å². The van der Waals surface area contributed by atoms with Gasteiger partial charge in [0.25, 0.3) is 5.91 Å². The number of aryl methyl sites for hydroxylation is 1. The van der Waals surface area contributed by atoms with E-state index in [1.165, 1.54) is 0 Å². The summed E-state index contributed by atoms with van der Waals surface area (Å²) in [5, 5.41) is 3.08. The van der Waals surface area contributed by atoms with E-state index in [1.807, 2.05) is 37.3 Å². The zero-order chi connectivity index (χ0) is 16.9. The van der Waals surface area contributed by atoms with E-state index >= 15 is 0 Å². The monoisotopic (exact) mass is 323 g/mol. The van der Waals surface area contributed by atoms with Crippen LogP contribution in [0.5, 0.6) is 0 Å². The maximum absolute atomic E-state index is 12.3. The lowest BCUT2D eigenvalue weighted by Crippen LogP contribution is -2.36. The molecule has 24 heavy (non-hydrogen) atoms. The number of nitrogens with one attached hydrogen (secondary N) is 1. The van der Waals surface area contributed by atoms with E-state index in [4.69, 9.17) is 0 Å². The van der Waals surface area contributed by atoms with Gasteiger partial charge in [0, 0.05) is 29.6 Å². The normalized spacial score (nSPS) is 16.1. The quantitative estimate of drug-likeness (QED) is 0.940. The molecule has 0 saturated carbocycles. The van der Waals surface area contributed by atoms with E-state index < -0.39 is 0 Å². The van der Waals surface area contributed by atoms with Crippen molar-refractivity contribution < 1.29 is 4.79 Å². The number of amides is 1. The molecule has 4 nitrogen and oxygen atoms in total. The third-order valence-corrected chi connectivity index (χ3v) is 4.85. The van der Waals surface area contributed by atoms with Gasteiger partial charge in [-0.25, -0.2) is 0 Å². The van der Waals surface area contributed by atoms with Crippen molar-refractivity contribution in [1.82, 2.24) is 15.2 Å². The predicted octanol–water partition coefficient (Wildman–Crippen LogP) is 3.13. The van der Waals surface area contributed by atoms with Crippen LogP contribution in [0, 0.1) is 12.8 Å². The van der Waals surface area contributed by atoms with E-state index in [-0.39, 0.29) is 5.91 Å². The summed E-state index contributed by atoms with van der Waals surface area (Å²) in [4.78, 5) is 19.0. The molecule has 0 spiro atoms. The summed E-state index contributed by atoms with van der Waals surface area (Å²) in [6.07, 6.45) is 4.12. The lowest BCUT2D eigenvalue weighted by molar-refractivity contribution is 0.0939. The third-order valence-electron chi connectivity index (χ3n) is 4.85. The molecule has 1 N–H and O–H groups in total. The Morgan fingerprint density at radius 2 is 1.92 bits per heavy atom. The number of carbonyl (C=O) groups excluding carboxylic acids is 1. The zero-order valence-corrected chi connectivity index (χ0v) is 14.5. The number of rotatable bonds is 4. The minimum Gasteiger partial charge on any atom is -0.352 e. The fourth-order valence-electron chi connectivity index (χ4n) is 3.20. The van der Waals surface area contributed by atoms with Crippen LogP contribution in [0.3, 0.4) is 0 Å². The van der Waals surface area contributed by atoms with Crippen molar-refractivity contribution in [1.29, 1.82) is 0 Å². The molecule has 126 valence electrons. The highest BCUT2D eigenvalue weighted by molar-refractivity contribution is 5.94. The second-order valence-electron chi connectivity index (χ2n) is 6.67. The van der Waals surface area contributed by atoms with Crippen LogP contribution in [0.1, 0.15) is 28.9 Å². The van der Waals surface area contributed by atoms with E-state index in [1.54, 1.807) is 6.20 Å². The molecule has 2 heterocycles. The molecule has 1 aliphatic heterocycles. The molecule has 1 amide bonds. The summed E-state index contributed by atoms with van der Waals surface area (Å²) in [7, 11) is 2.15. The van der Waals surface area contributed by atoms with Gasteiger partial charge in [0.15, 0.2) is 0 Å². The Morgan fingerprint density at radius 3 is 2.58 bits per heavy atom. The second kappa shape index (κ2) is 7.58. The summed E-state index contributed by atoms with van der Waals surface area (Å²) in [6, 6.07) is 11.8. The van der Waals surface area contributed by atoms with Crippen LogP contribution in [0.15, 0.2) is 42.6 Å². The van der Waals surface area contributed by atoms with Crippen LogP contribution >= 0.6 is 0 Å². The number of carbonyl (C=O) groups is 1. The van der Waals surface area contributed by atoms with Gasteiger partial charge in [0.05, 0.1) is 0 Å². The smallest absolute Gasteiger partial charge is 0.251 e. The number of hydrogen-bond donors (Lipinski definition) is 1. The van der Waals surface area contributed by atoms with Gasteiger partial charge in [0.2, 0.25) is 0 Å². The molecule has 0 unspecified atom stereocenters. The van der Waals surface area contributed by atoms with Crippen molar-refractivity contribution in [3.05, 3.63) is 53.9 Å². The molecule has 1 saturated heterocycles. The van der Waals surface area contributed by atoms with Gasteiger partial charge < -0.3 is 10.2 Å². The Morgan fingerprint density at radius 1 is 1.21 bits per heavy atom. The van der Waals surface area contributed by atoms with Crippen LogP contribution < -0.4 is 5.32 Å². The number of hydrogen-bond acceptors (Lipinski definition) is 3. The van der Waals surface area contributed by atoms with Crippen molar-refractivity contribution in [2.45, 2.75) is 19.8 Å². The fourth-order valence-corrected chi connectivity index (χ4v) is 3.20. The number of benzene rings is 1. The van der Waals surface area contributed by atoms with Gasteiger partial charge in [0.1, 0.15) is 0 Å². The first kappa shape index (κ1) is 16.7. The van der Waals surface area contributed by atoms with Crippen molar-refractivity contribution in [3.63, 3.8) is 0 Å². The number of aromatic nitrogens is 1. The Balaban J connectivity index is 1.59. The minimum absolute atomic E-state index is 0.0170. The molecule has 4 heteroatoms. The highest BCUT2D eigenvalue weighted by Crippen LogP contribution is 2.22. The van der Waals surface area contributed by atoms with Crippen LogP contribution in [0.25, 0.3) is 11.1 Å². The van der Waals surface area contributed by atoms with E-state index in [2.05, 4.69) is 28.3 Å². The molecule has 0 bridgehead atoms.